The molecule has 3 aliphatic heterocycles. The van der Waals surface area contributed by atoms with Crippen LogP contribution in [0.2, 0.25) is 0 Å². The third kappa shape index (κ3) is 5.32. The van der Waals surface area contributed by atoms with Crippen molar-refractivity contribution in [1.29, 1.82) is 0 Å². The van der Waals surface area contributed by atoms with Crippen molar-refractivity contribution in [3.05, 3.63) is 18.5 Å². The fourth-order valence-electron chi connectivity index (χ4n) is 4.47. The standard InChI is InChI=1S/C20H31N7O2.HI/c1-21-18(27-9-4-20(15-27)5-14-29-16-20)24-8-3-17(28)25-10-12-26(13-11-25)19-22-6-2-7-23-19;/h2,6-7H,3-5,8-16H2,1H3,(H,21,24);1H. The molecular formula is C20H32IN7O2. The molecule has 0 radical (unpaired) electrons. The molecule has 1 atom stereocenters. The molecule has 0 bridgehead atoms. The van der Waals surface area contributed by atoms with Gasteiger partial charge in [-0.05, 0) is 18.9 Å². The second-order valence-electron chi connectivity index (χ2n) is 8.11. The number of hydrogen-bond acceptors (Lipinski definition) is 6. The van der Waals surface area contributed by atoms with E-state index in [-0.39, 0.29) is 29.9 Å². The summed E-state index contributed by atoms with van der Waals surface area (Å²) in [5.74, 6) is 1.82. The molecule has 3 fully saturated rings. The van der Waals surface area contributed by atoms with Gasteiger partial charge in [-0.25, -0.2) is 9.97 Å². The van der Waals surface area contributed by atoms with Gasteiger partial charge in [-0.2, -0.15) is 0 Å². The molecular weight excluding hydrogens is 497 g/mol. The number of likely N-dealkylation sites (tertiary alicyclic amines) is 1. The van der Waals surface area contributed by atoms with E-state index in [0.29, 0.717) is 31.5 Å². The molecule has 3 saturated heterocycles. The number of piperazine rings is 1. The van der Waals surface area contributed by atoms with E-state index < -0.39 is 0 Å². The van der Waals surface area contributed by atoms with Gasteiger partial charge in [0.05, 0.1) is 6.61 Å². The van der Waals surface area contributed by atoms with Crippen molar-refractivity contribution in [2.24, 2.45) is 10.4 Å². The number of rotatable bonds is 4. The number of halogens is 1. The summed E-state index contributed by atoms with van der Waals surface area (Å²) in [5, 5.41) is 3.38. The minimum atomic E-state index is 0. The van der Waals surface area contributed by atoms with Crippen molar-refractivity contribution in [1.82, 2.24) is 25.1 Å². The van der Waals surface area contributed by atoms with Crippen LogP contribution in [0.3, 0.4) is 0 Å². The zero-order valence-corrected chi connectivity index (χ0v) is 20.0. The lowest BCUT2D eigenvalue weighted by Crippen LogP contribution is -2.50. The number of hydrogen-bond donors (Lipinski definition) is 1. The van der Waals surface area contributed by atoms with Crippen molar-refractivity contribution in [2.45, 2.75) is 19.3 Å². The van der Waals surface area contributed by atoms with Gasteiger partial charge in [0.1, 0.15) is 0 Å². The molecule has 4 heterocycles. The Morgan fingerprint density at radius 1 is 1.17 bits per heavy atom. The first-order valence-corrected chi connectivity index (χ1v) is 10.5. The van der Waals surface area contributed by atoms with E-state index in [4.69, 9.17) is 4.74 Å². The SMILES string of the molecule is CN=C(NCCC(=O)N1CCN(c2ncccn2)CC1)N1CCC2(CCOC2)C1.I. The molecule has 4 rings (SSSR count). The number of carbonyl (C=O) groups excluding carboxylic acids is 1. The Balaban J connectivity index is 0.00000256. The van der Waals surface area contributed by atoms with Crippen LogP contribution in [0.25, 0.3) is 0 Å². The molecule has 10 heteroatoms. The highest BCUT2D eigenvalue weighted by Gasteiger charge is 2.42. The molecule has 0 aliphatic carbocycles. The van der Waals surface area contributed by atoms with Gasteiger partial charge >= 0.3 is 0 Å². The van der Waals surface area contributed by atoms with Crippen LogP contribution < -0.4 is 10.2 Å². The normalized spacial score (nSPS) is 24.3. The third-order valence-electron chi connectivity index (χ3n) is 6.22. The monoisotopic (exact) mass is 529 g/mol. The lowest BCUT2D eigenvalue weighted by molar-refractivity contribution is -0.131. The Morgan fingerprint density at radius 3 is 2.60 bits per heavy atom. The molecule has 1 aromatic rings. The number of amides is 1. The van der Waals surface area contributed by atoms with Gasteiger partial charge in [0.2, 0.25) is 11.9 Å². The zero-order chi connectivity index (χ0) is 20.1. The lowest BCUT2D eigenvalue weighted by Gasteiger charge is -2.34. The van der Waals surface area contributed by atoms with E-state index in [9.17, 15) is 4.79 Å². The van der Waals surface area contributed by atoms with Crippen molar-refractivity contribution < 1.29 is 9.53 Å². The van der Waals surface area contributed by atoms with Gasteiger partial charge in [-0.1, -0.05) is 0 Å². The summed E-state index contributed by atoms with van der Waals surface area (Å²) >= 11 is 0. The maximum Gasteiger partial charge on any atom is 0.225 e. The van der Waals surface area contributed by atoms with E-state index in [0.717, 1.165) is 64.1 Å². The van der Waals surface area contributed by atoms with Crippen LogP contribution in [-0.2, 0) is 9.53 Å². The minimum absolute atomic E-state index is 0. The first kappa shape index (κ1) is 23.0. The molecule has 1 amide bonds. The van der Waals surface area contributed by atoms with Crippen molar-refractivity contribution in [3.8, 4) is 0 Å². The van der Waals surface area contributed by atoms with Crippen molar-refractivity contribution >= 4 is 41.8 Å². The van der Waals surface area contributed by atoms with Crippen LogP contribution in [0, 0.1) is 5.41 Å². The second-order valence-corrected chi connectivity index (χ2v) is 8.11. The Hall–Kier alpha value is -1.69. The first-order valence-electron chi connectivity index (χ1n) is 10.5. The van der Waals surface area contributed by atoms with Crippen LogP contribution in [0.15, 0.2) is 23.5 Å². The number of nitrogens with zero attached hydrogens (tertiary/aromatic N) is 6. The summed E-state index contributed by atoms with van der Waals surface area (Å²) in [6.45, 7) is 7.28. The van der Waals surface area contributed by atoms with Crippen LogP contribution >= 0.6 is 24.0 Å². The number of anilines is 1. The predicted octanol–water partition coefficient (Wildman–Crippen LogP) is 0.821. The van der Waals surface area contributed by atoms with Gasteiger partial charge in [-0.15, -0.1) is 24.0 Å². The first-order chi connectivity index (χ1) is 14.2. The molecule has 1 spiro atoms. The van der Waals surface area contributed by atoms with Gasteiger partial charge < -0.3 is 24.8 Å². The highest BCUT2D eigenvalue weighted by molar-refractivity contribution is 14.0. The van der Waals surface area contributed by atoms with Crippen LogP contribution in [0.4, 0.5) is 5.95 Å². The Morgan fingerprint density at radius 2 is 1.93 bits per heavy atom. The second kappa shape index (κ2) is 10.6. The number of carbonyl (C=O) groups is 1. The van der Waals surface area contributed by atoms with E-state index in [1.807, 2.05) is 18.0 Å². The van der Waals surface area contributed by atoms with E-state index in [1.165, 1.54) is 0 Å². The van der Waals surface area contributed by atoms with Crippen LogP contribution in [-0.4, -0.2) is 97.7 Å². The number of aromatic nitrogens is 2. The highest BCUT2D eigenvalue weighted by atomic mass is 127. The summed E-state index contributed by atoms with van der Waals surface area (Å²) in [5.41, 5.74) is 0.301. The highest BCUT2D eigenvalue weighted by Crippen LogP contribution is 2.38. The number of aliphatic imine (C=N–C) groups is 1. The molecule has 1 N–H and O–H groups in total. The van der Waals surface area contributed by atoms with Crippen molar-refractivity contribution in [2.75, 3.05) is 71.0 Å². The molecule has 166 valence electrons. The number of ether oxygens (including phenoxy) is 1. The maximum absolute atomic E-state index is 12.6. The maximum atomic E-state index is 12.6. The lowest BCUT2D eigenvalue weighted by atomic mass is 9.87. The zero-order valence-electron chi connectivity index (χ0n) is 17.6. The minimum Gasteiger partial charge on any atom is -0.381 e. The number of guanidine groups is 1. The van der Waals surface area contributed by atoms with Gasteiger partial charge in [0, 0.05) is 83.7 Å². The summed E-state index contributed by atoms with van der Waals surface area (Å²) < 4.78 is 5.61. The number of nitrogens with one attached hydrogen (secondary N) is 1. The van der Waals surface area contributed by atoms with Crippen molar-refractivity contribution in [3.63, 3.8) is 0 Å². The fourth-order valence-corrected chi connectivity index (χ4v) is 4.47. The molecule has 1 unspecified atom stereocenters. The van der Waals surface area contributed by atoms with Crippen LogP contribution in [0.1, 0.15) is 19.3 Å². The van der Waals surface area contributed by atoms with Gasteiger partial charge in [0.15, 0.2) is 5.96 Å². The largest absolute Gasteiger partial charge is 0.381 e. The molecule has 30 heavy (non-hydrogen) atoms. The topological polar surface area (TPSA) is 86.2 Å². The van der Waals surface area contributed by atoms with Crippen LogP contribution in [0.5, 0.6) is 0 Å². The predicted molar refractivity (Wildman–Crippen MR) is 126 cm³/mol. The van der Waals surface area contributed by atoms with Gasteiger partial charge in [0.25, 0.3) is 0 Å². The van der Waals surface area contributed by atoms with E-state index >= 15 is 0 Å². The van der Waals surface area contributed by atoms with Gasteiger partial charge in [-0.3, -0.25) is 9.79 Å². The molecule has 0 aromatic carbocycles. The molecule has 9 nitrogen and oxygen atoms in total. The molecule has 1 aromatic heterocycles. The smallest absolute Gasteiger partial charge is 0.225 e. The average molecular weight is 529 g/mol. The summed E-state index contributed by atoms with van der Waals surface area (Å²) in [6.07, 6.45) is 6.27. The quantitative estimate of drug-likeness (QED) is 0.351. The average Bonchev–Trinajstić information content (AvgIpc) is 3.41. The summed E-state index contributed by atoms with van der Waals surface area (Å²) in [4.78, 5) is 32.0. The summed E-state index contributed by atoms with van der Waals surface area (Å²) in [7, 11) is 1.81. The van der Waals surface area contributed by atoms with E-state index in [1.54, 1.807) is 12.4 Å². The summed E-state index contributed by atoms with van der Waals surface area (Å²) in [6, 6.07) is 1.81. The van der Waals surface area contributed by atoms with E-state index in [2.05, 4.69) is 30.1 Å². The third-order valence-corrected chi connectivity index (χ3v) is 6.22. The molecule has 0 saturated carbocycles. The Bertz CT molecular complexity index is 719. The Kier molecular flexibility index (Phi) is 8.09. The molecule has 3 aliphatic rings. The Labute approximate surface area is 195 Å². The fraction of sp³-hybridized carbons (Fsp3) is 0.700.